The average molecular weight is 458 g/mol. The fourth-order valence-electron chi connectivity index (χ4n) is 4.33. The van der Waals surface area contributed by atoms with E-state index in [9.17, 15) is 4.79 Å². The lowest BCUT2D eigenvalue weighted by Gasteiger charge is -2.31. The number of rotatable bonds is 4. The molecule has 1 N–H and O–H groups in total. The summed E-state index contributed by atoms with van der Waals surface area (Å²) in [5.74, 6) is 0.774. The first kappa shape index (κ1) is 21.2. The van der Waals surface area contributed by atoms with E-state index in [1.165, 1.54) is 0 Å². The highest BCUT2D eigenvalue weighted by molar-refractivity contribution is 6.30. The van der Waals surface area contributed by atoms with E-state index in [1.807, 2.05) is 84.8 Å². The van der Waals surface area contributed by atoms with Crippen molar-refractivity contribution in [2.45, 2.75) is 19.5 Å². The van der Waals surface area contributed by atoms with Gasteiger partial charge in [-0.3, -0.25) is 0 Å². The molecule has 0 aliphatic carbocycles. The van der Waals surface area contributed by atoms with Gasteiger partial charge in [-0.25, -0.2) is 4.79 Å². The molecule has 2 amide bonds. The van der Waals surface area contributed by atoms with Crippen molar-refractivity contribution >= 4 is 23.3 Å². The van der Waals surface area contributed by atoms with E-state index < -0.39 is 0 Å². The van der Waals surface area contributed by atoms with Crippen LogP contribution < -0.4 is 10.1 Å². The Hall–Kier alpha value is -3.70. The predicted octanol–water partition coefficient (Wildman–Crippen LogP) is 6.67. The molecule has 0 fully saturated rings. The molecular formula is C27H24ClN3O2. The number of nitrogens with zero attached hydrogens (tertiary/aromatic N) is 2. The number of urea groups is 1. The van der Waals surface area contributed by atoms with Gasteiger partial charge in [-0.2, -0.15) is 0 Å². The second-order valence-corrected chi connectivity index (χ2v) is 8.34. The highest BCUT2D eigenvalue weighted by atomic mass is 35.5. The molecule has 6 heteroatoms. The molecular weight excluding hydrogens is 434 g/mol. The van der Waals surface area contributed by atoms with Gasteiger partial charge in [0.05, 0.1) is 24.9 Å². The van der Waals surface area contributed by atoms with Crippen molar-refractivity contribution in [3.05, 3.63) is 113 Å². The molecule has 0 saturated heterocycles. The standard InChI is InChI=1S/C27H24ClN3O2/c1-2-33-23-15-13-22(14-16-23)29-27(32)31-18-20-6-3-4-7-24(20)30-17-5-8-25(30)26(31)19-9-11-21(28)12-10-19/h3-17,26H,2,18H2,1H3,(H,29,32)/t26-/m1/s1. The van der Waals surface area contributed by atoms with Crippen LogP contribution in [0, 0.1) is 0 Å². The number of benzene rings is 3. The summed E-state index contributed by atoms with van der Waals surface area (Å²) in [6.45, 7) is 3.01. The van der Waals surface area contributed by atoms with Crippen molar-refractivity contribution in [2.24, 2.45) is 0 Å². The maximum absolute atomic E-state index is 13.7. The summed E-state index contributed by atoms with van der Waals surface area (Å²) < 4.78 is 7.68. The first-order chi connectivity index (χ1) is 16.1. The Labute approximate surface area is 198 Å². The minimum atomic E-state index is -0.285. The van der Waals surface area contributed by atoms with Crippen LogP contribution in [0.2, 0.25) is 5.02 Å². The van der Waals surface area contributed by atoms with Gasteiger partial charge in [0, 0.05) is 22.6 Å². The van der Waals surface area contributed by atoms with E-state index in [4.69, 9.17) is 16.3 Å². The molecule has 1 aromatic heterocycles. The van der Waals surface area contributed by atoms with Crippen LogP contribution in [0.15, 0.2) is 91.1 Å². The number of nitrogens with one attached hydrogen (secondary N) is 1. The van der Waals surface area contributed by atoms with Crippen molar-refractivity contribution in [3.8, 4) is 11.4 Å². The van der Waals surface area contributed by atoms with E-state index in [2.05, 4.69) is 28.1 Å². The average Bonchev–Trinajstić information content (AvgIpc) is 3.26. The maximum Gasteiger partial charge on any atom is 0.322 e. The second kappa shape index (κ2) is 9.04. The van der Waals surface area contributed by atoms with Crippen molar-refractivity contribution in [2.75, 3.05) is 11.9 Å². The SMILES string of the molecule is CCOc1ccc(NC(=O)N2Cc3ccccc3-n3cccc3[C@H]2c2ccc(Cl)cc2)cc1. The van der Waals surface area contributed by atoms with Crippen LogP contribution in [0.4, 0.5) is 10.5 Å². The number of para-hydroxylation sites is 1. The number of carbonyl (C=O) groups is 1. The summed E-state index contributed by atoms with van der Waals surface area (Å²) >= 11 is 6.17. The summed E-state index contributed by atoms with van der Waals surface area (Å²) in [5, 5.41) is 3.73. The summed E-state index contributed by atoms with van der Waals surface area (Å²) in [6.07, 6.45) is 2.05. The Kier molecular flexibility index (Phi) is 5.80. The molecule has 0 spiro atoms. The summed E-state index contributed by atoms with van der Waals surface area (Å²) in [4.78, 5) is 15.5. The van der Waals surface area contributed by atoms with Crippen molar-refractivity contribution < 1.29 is 9.53 Å². The fraction of sp³-hybridized carbons (Fsp3) is 0.148. The largest absolute Gasteiger partial charge is 0.494 e. The highest BCUT2D eigenvalue weighted by Crippen LogP contribution is 2.37. The molecule has 1 aliphatic heterocycles. The van der Waals surface area contributed by atoms with Gasteiger partial charge in [-0.1, -0.05) is 41.9 Å². The molecule has 0 saturated carbocycles. The zero-order chi connectivity index (χ0) is 22.8. The van der Waals surface area contributed by atoms with Gasteiger partial charge < -0.3 is 19.5 Å². The van der Waals surface area contributed by atoms with E-state index >= 15 is 0 Å². The monoisotopic (exact) mass is 457 g/mol. The Morgan fingerprint density at radius 2 is 1.76 bits per heavy atom. The maximum atomic E-state index is 13.7. The molecule has 5 rings (SSSR count). The molecule has 0 radical (unpaired) electrons. The zero-order valence-electron chi connectivity index (χ0n) is 18.2. The van der Waals surface area contributed by atoms with Crippen LogP contribution in [0.1, 0.15) is 29.8 Å². The van der Waals surface area contributed by atoms with Crippen LogP contribution in [0.5, 0.6) is 5.75 Å². The lowest BCUT2D eigenvalue weighted by molar-refractivity contribution is 0.194. The van der Waals surface area contributed by atoms with Crippen molar-refractivity contribution in [1.82, 2.24) is 9.47 Å². The molecule has 1 atom stereocenters. The summed E-state index contributed by atoms with van der Waals surface area (Å²) in [6, 6.07) is 26.9. The van der Waals surface area contributed by atoms with Gasteiger partial charge in [0.15, 0.2) is 0 Å². The number of amides is 2. The molecule has 2 heterocycles. The van der Waals surface area contributed by atoms with Crippen molar-refractivity contribution in [3.63, 3.8) is 0 Å². The molecule has 4 aromatic rings. The Morgan fingerprint density at radius 3 is 2.52 bits per heavy atom. The molecule has 3 aromatic carbocycles. The molecule has 0 bridgehead atoms. The van der Waals surface area contributed by atoms with Crippen LogP contribution in [0.25, 0.3) is 5.69 Å². The predicted molar refractivity (Wildman–Crippen MR) is 131 cm³/mol. The normalized spacial score (nSPS) is 14.7. The van der Waals surface area contributed by atoms with Crippen LogP contribution in [0.3, 0.4) is 0 Å². The number of anilines is 1. The number of carbonyl (C=O) groups excluding carboxylic acids is 1. The topological polar surface area (TPSA) is 46.5 Å². The van der Waals surface area contributed by atoms with Gasteiger partial charge in [0.1, 0.15) is 5.75 Å². The van der Waals surface area contributed by atoms with E-state index in [0.29, 0.717) is 23.9 Å². The third-order valence-electron chi connectivity index (χ3n) is 5.83. The minimum absolute atomic E-state index is 0.177. The molecule has 5 nitrogen and oxygen atoms in total. The smallest absolute Gasteiger partial charge is 0.322 e. The third-order valence-corrected chi connectivity index (χ3v) is 6.08. The Bertz CT molecular complexity index is 1270. The fourth-order valence-corrected chi connectivity index (χ4v) is 4.46. The Balaban J connectivity index is 1.55. The van der Waals surface area contributed by atoms with Gasteiger partial charge in [-0.15, -0.1) is 0 Å². The van der Waals surface area contributed by atoms with E-state index in [-0.39, 0.29) is 12.1 Å². The van der Waals surface area contributed by atoms with Crippen molar-refractivity contribution in [1.29, 1.82) is 0 Å². The number of hydrogen-bond acceptors (Lipinski definition) is 2. The van der Waals surface area contributed by atoms with E-state index in [0.717, 1.165) is 28.3 Å². The number of fused-ring (bicyclic) bond motifs is 3. The highest BCUT2D eigenvalue weighted by Gasteiger charge is 2.33. The third kappa shape index (κ3) is 4.20. The summed E-state index contributed by atoms with van der Waals surface area (Å²) in [5.41, 5.74) is 4.88. The van der Waals surface area contributed by atoms with Gasteiger partial charge >= 0.3 is 6.03 Å². The van der Waals surface area contributed by atoms with Gasteiger partial charge in [0.25, 0.3) is 0 Å². The molecule has 166 valence electrons. The molecule has 33 heavy (non-hydrogen) atoms. The first-order valence-electron chi connectivity index (χ1n) is 11.0. The zero-order valence-corrected chi connectivity index (χ0v) is 19.0. The van der Waals surface area contributed by atoms with Gasteiger partial charge in [0.2, 0.25) is 0 Å². The lowest BCUT2D eigenvalue weighted by atomic mass is 10.0. The molecule has 0 unspecified atom stereocenters. The van der Waals surface area contributed by atoms with Crippen LogP contribution >= 0.6 is 11.6 Å². The number of aromatic nitrogens is 1. The van der Waals surface area contributed by atoms with Crippen LogP contribution in [-0.2, 0) is 6.54 Å². The van der Waals surface area contributed by atoms with Gasteiger partial charge in [-0.05, 0) is 72.6 Å². The number of ether oxygens (including phenoxy) is 1. The van der Waals surface area contributed by atoms with E-state index in [1.54, 1.807) is 0 Å². The summed E-state index contributed by atoms with van der Waals surface area (Å²) in [7, 11) is 0. The molecule has 1 aliphatic rings. The first-order valence-corrected chi connectivity index (χ1v) is 11.3. The van der Waals surface area contributed by atoms with Crippen LogP contribution in [-0.4, -0.2) is 22.1 Å². The Morgan fingerprint density at radius 1 is 1.00 bits per heavy atom. The second-order valence-electron chi connectivity index (χ2n) is 7.90. The lowest BCUT2D eigenvalue weighted by Crippen LogP contribution is -2.37. The number of hydrogen-bond donors (Lipinski definition) is 1. The quantitative estimate of drug-likeness (QED) is 0.372. The number of halogens is 1. The minimum Gasteiger partial charge on any atom is -0.494 e.